The first-order valence-electron chi connectivity index (χ1n) is 9.37. The number of ether oxygens (including phenoxy) is 1. The molecule has 7 heteroatoms. The maximum atomic E-state index is 12.9. The zero-order valence-electron chi connectivity index (χ0n) is 16.4. The lowest BCUT2D eigenvalue weighted by atomic mass is 10.1. The minimum atomic E-state index is -3.81. The normalized spacial score (nSPS) is 16.8. The SMILES string of the molecule is Cc1ccc(NS(=O)(=O)c2cc(C(=O)NC[C@@H]3CCCO3)ccc2C)cc1C. The van der Waals surface area contributed by atoms with Gasteiger partial charge in [-0.05, 0) is 74.6 Å². The van der Waals surface area contributed by atoms with Crippen molar-refractivity contribution in [2.45, 2.75) is 44.6 Å². The third kappa shape index (κ3) is 4.72. The van der Waals surface area contributed by atoms with Crippen LogP contribution in [0.25, 0.3) is 0 Å². The fraction of sp³-hybridized carbons (Fsp3) is 0.381. The number of hydrogen-bond donors (Lipinski definition) is 2. The Morgan fingerprint density at radius 1 is 1.07 bits per heavy atom. The lowest BCUT2D eigenvalue weighted by molar-refractivity contribution is 0.0857. The summed E-state index contributed by atoms with van der Waals surface area (Å²) in [6.07, 6.45) is 1.95. The van der Waals surface area contributed by atoms with Crippen molar-refractivity contribution >= 4 is 21.6 Å². The van der Waals surface area contributed by atoms with E-state index in [2.05, 4.69) is 10.0 Å². The summed E-state index contributed by atoms with van der Waals surface area (Å²) in [5.41, 5.74) is 3.47. The fourth-order valence-electron chi connectivity index (χ4n) is 3.16. The summed E-state index contributed by atoms with van der Waals surface area (Å²) in [7, 11) is -3.81. The summed E-state index contributed by atoms with van der Waals surface area (Å²) < 4.78 is 33.9. The van der Waals surface area contributed by atoms with Gasteiger partial charge in [-0.1, -0.05) is 12.1 Å². The average molecular weight is 403 g/mol. The van der Waals surface area contributed by atoms with Crippen LogP contribution in [-0.4, -0.2) is 33.6 Å². The van der Waals surface area contributed by atoms with Crippen molar-refractivity contribution in [1.82, 2.24) is 5.32 Å². The van der Waals surface area contributed by atoms with Gasteiger partial charge in [0.15, 0.2) is 0 Å². The predicted octanol–water partition coefficient (Wildman–Crippen LogP) is 3.32. The molecule has 1 atom stereocenters. The van der Waals surface area contributed by atoms with E-state index in [-0.39, 0.29) is 16.9 Å². The highest BCUT2D eigenvalue weighted by molar-refractivity contribution is 7.92. The Hall–Kier alpha value is -2.38. The monoisotopic (exact) mass is 402 g/mol. The molecule has 1 aliphatic heterocycles. The highest BCUT2D eigenvalue weighted by Gasteiger charge is 2.21. The molecule has 1 amide bonds. The summed E-state index contributed by atoms with van der Waals surface area (Å²) in [4.78, 5) is 12.5. The molecular formula is C21H26N2O4S. The smallest absolute Gasteiger partial charge is 0.262 e. The first-order chi connectivity index (χ1) is 13.3. The van der Waals surface area contributed by atoms with Crippen LogP contribution in [0.5, 0.6) is 0 Å². The molecule has 2 N–H and O–H groups in total. The van der Waals surface area contributed by atoms with Gasteiger partial charge in [0.25, 0.3) is 15.9 Å². The molecule has 1 fully saturated rings. The third-order valence-electron chi connectivity index (χ3n) is 5.01. The van der Waals surface area contributed by atoms with Gasteiger partial charge in [-0.15, -0.1) is 0 Å². The second-order valence-electron chi connectivity index (χ2n) is 7.23. The number of benzene rings is 2. The highest BCUT2D eigenvalue weighted by Crippen LogP contribution is 2.22. The summed E-state index contributed by atoms with van der Waals surface area (Å²) in [6, 6.07) is 10.1. The Morgan fingerprint density at radius 3 is 2.50 bits per heavy atom. The van der Waals surface area contributed by atoms with E-state index in [4.69, 9.17) is 4.74 Å². The molecule has 0 saturated carbocycles. The van der Waals surface area contributed by atoms with Gasteiger partial charge in [0, 0.05) is 24.4 Å². The van der Waals surface area contributed by atoms with E-state index in [9.17, 15) is 13.2 Å². The van der Waals surface area contributed by atoms with Gasteiger partial charge in [-0.25, -0.2) is 8.42 Å². The van der Waals surface area contributed by atoms with E-state index in [1.54, 1.807) is 31.2 Å². The molecule has 2 aromatic carbocycles. The Balaban J connectivity index is 1.79. The Labute approximate surface area is 166 Å². The Kier molecular flexibility index (Phi) is 6.05. The van der Waals surface area contributed by atoms with Crippen LogP contribution in [-0.2, 0) is 14.8 Å². The van der Waals surface area contributed by atoms with E-state index >= 15 is 0 Å². The van der Waals surface area contributed by atoms with Crippen LogP contribution in [0.3, 0.4) is 0 Å². The largest absolute Gasteiger partial charge is 0.376 e. The zero-order chi connectivity index (χ0) is 20.3. The number of rotatable bonds is 6. The number of carbonyl (C=O) groups is 1. The van der Waals surface area contributed by atoms with Gasteiger partial charge in [-0.3, -0.25) is 9.52 Å². The Morgan fingerprint density at radius 2 is 1.82 bits per heavy atom. The Bertz CT molecular complexity index is 980. The molecule has 0 radical (unpaired) electrons. The first-order valence-corrected chi connectivity index (χ1v) is 10.8. The van der Waals surface area contributed by atoms with Crippen LogP contribution < -0.4 is 10.0 Å². The van der Waals surface area contributed by atoms with E-state index in [0.717, 1.165) is 30.6 Å². The number of sulfonamides is 1. The fourth-order valence-corrected chi connectivity index (χ4v) is 4.48. The number of aryl methyl sites for hydroxylation is 3. The van der Waals surface area contributed by atoms with Crippen LogP contribution in [0.4, 0.5) is 5.69 Å². The van der Waals surface area contributed by atoms with E-state index in [1.807, 2.05) is 19.9 Å². The van der Waals surface area contributed by atoms with Crippen molar-refractivity contribution < 1.29 is 17.9 Å². The molecule has 1 heterocycles. The van der Waals surface area contributed by atoms with Gasteiger partial charge >= 0.3 is 0 Å². The summed E-state index contributed by atoms with van der Waals surface area (Å²) in [5.74, 6) is -0.307. The second-order valence-corrected chi connectivity index (χ2v) is 8.88. The number of carbonyl (C=O) groups excluding carboxylic acids is 1. The molecule has 0 aromatic heterocycles. The van der Waals surface area contributed by atoms with Gasteiger partial charge in [0.05, 0.1) is 11.0 Å². The molecule has 0 unspecified atom stereocenters. The summed E-state index contributed by atoms with van der Waals surface area (Å²) in [6.45, 7) is 6.75. The molecule has 0 aliphatic carbocycles. The second kappa shape index (κ2) is 8.32. The van der Waals surface area contributed by atoms with Crippen molar-refractivity contribution in [1.29, 1.82) is 0 Å². The molecular weight excluding hydrogens is 376 g/mol. The molecule has 1 saturated heterocycles. The number of anilines is 1. The first kappa shape index (κ1) is 20.4. The van der Waals surface area contributed by atoms with E-state index < -0.39 is 10.0 Å². The maximum absolute atomic E-state index is 12.9. The average Bonchev–Trinajstić information content (AvgIpc) is 3.16. The molecule has 150 valence electrons. The quantitative estimate of drug-likeness (QED) is 0.776. The van der Waals surface area contributed by atoms with Gasteiger partial charge in [0.2, 0.25) is 0 Å². The molecule has 1 aliphatic rings. The van der Waals surface area contributed by atoms with Gasteiger partial charge < -0.3 is 10.1 Å². The predicted molar refractivity (Wildman–Crippen MR) is 109 cm³/mol. The van der Waals surface area contributed by atoms with Crippen LogP contribution >= 0.6 is 0 Å². The molecule has 0 bridgehead atoms. The standard InChI is InChI=1S/C21H26N2O4S/c1-14-7-9-18(11-16(14)3)23-28(25,26)20-12-17(8-6-15(20)2)21(24)22-13-19-5-4-10-27-19/h6-9,11-12,19,23H,4-5,10,13H2,1-3H3,(H,22,24)/t19-/m0/s1. The number of amides is 1. The van der Waals surface area contributed by atoms with Crippen LogP contribution in [0.1, 0.15) is 39.9 Å². The minimum absolute atomic E-state index is 0.0315. The molecule has 6 nitrogen and oxygen atoms in total. The molecule has 3 rings (SSSR count). The van der Waals surface area contributed by atoms with Gasteiger partial charge in [-0.2, -0.15) is 0 Å². The molecule has 2 aromatic rings. The van der Waals surface area contributed by atoms with Crippen LogP contribution in [0.15, 0.2) is 41.3 Å². The lowest BCUT2D eigenvalue weighted by Gasteiger charge is -2.14. The van der Waals surface area contributed by atoms with Crippen molar-refractivity contribution in [2.75, 3.05) is 17.9 Å². The number of hydrogen-bond acceptors (Lipinski definition) is 4. The maximum Gasteiger partial charge on any atom is 0.262 e. The van der Waals surface area contributed by atoms with Crippen molar-refractivity contribution in [3.8, 4) is 0 Å². The highest BCUT2D eigenvalue weighted by atomic mass is 32.2. The zero-order valence-corrected chi connectivity index (χ0v) is 17.2. The van der Waals surface area contributed by atoms with Crippen molar-refractivity contribution in [2.24, 2.45) is 0 Å². The molecule has 28 heavy (non-hydrogen) atoms. The number of nitrogens with one attached hydrogen (secondary N) is 2. The topological polar surface area (TPSA) is 84.5 Å². The van der Waals surface area contributed by atoms with Crippen LogP contribution in [0.2, 0.25) is 0 Å². The minimum Gasteiger partial charge on any atom is -0.376 e. The third-order valence-corrected chi connectivity index (χ3v) is 6.54. The van der Waals surface area contributed by atoms with E-state index in [1.165, 1.54) is 6.07 Å². The van der Waals surface area contributed by atoms with Crippen molar-refractivity contribution in [3.63, 3.8) is 0 Å². The lowest BCUT2D eigenvalue weighted by Crippen LogP contribution is -2.31. The van der Waals surface area contributed by atoms with Gasteiger partial charge in [0.1, 0.15) is 0 Å². The van der Waals surface area contributed by atoms with Crippen LogP contribution in [0, 0.1) is 20.8 Å². The van der Waals surface area contributed by atoms with E-state index in [0.29, 0.717) is 23.4 Å². The van der Waals surface area contributed by atoms with Crippen molar-refractivity contribution in [3.05, 3.63) is 58.7 Å². The summed E-state index contributed by atoms with van der Waals surface area (Å²) >= 11 is 0. The summed E-state index contributed by atoms with van der Waals surface area (Å²) in [5, 5.41) is 2.82. The molecule has 0 spiro atoms.